The topological polar surface area (TPSA) is 71.8 Å². The number of halogens is 1. The molecule has 0 saturated carbocycles. The highest BCUT2D eigenvalue weighted by molar-refractivity contribution is 7.99. The number of carbonyl (C=O) groups excluding carboxylic acids is 1. The van der Waals surface area contributed by atoms with Gasteiger partial charge in [0.1, 0.15) is 0 Å². The SMILES string of the molecule is Cc1cccc(NC(=O)CSc2nnc(CNc3ccccc3Cl)n2-c2ccccc2)c1C. The van der Waals surface area contributed by atoms with Gasteiger partial charge in [0.05, 0.1) is 23.0 Å². The number of benzene rings is 3. The lowest BCUT2D eigenvalue weighted by atomic mass is 10.1. The number of amides is 1. The molecule has 0 aliphatic heterocycles. The van der Waals surface area contributed by atoms with Crippen LogP contribution < -0.4 is 10.6 Å². The summed E-state index contributed by atoms with van der Waals surface area (Å²) in [4.78, 5) is 12.6. The molecule has 8 heteroatoms. The van der Waals surface area contributed by atoms with Crippen LogP contribution in [0.2, 0.25) is 5.02 Å². The normalized spacial score (nSPS) is 10.8. The Balaban J connectivity index is 1.51. The van der Waals surface area contributed by atoms with E-state index in [9.17, 15) is 4.79 Å². The molecular formula is C25H24ClN5OS. The van der Waals surface area contributed by atoms with E-state index in [1.54, 1.807) is 0 Å². The largest absolute Gasteiger partial charge is 0.377 e. The lowest BCUT2D eigenvalue weighted by Crippen LogP contribution is -2.16. The van der Waals surface area contributed by atoms with Crippen LogP contribution >= 0.6 is 23.4 Å². The first-order chi connectivity index (χ1) is 16.0. The predicted octanol–water partition coefficient (Wildman–Crippen LogP) is 5.88. The summed E-state index contributed by atoms with van der Waals surface area (Å²) in [6.45, 7) is 4.46. The van der Waals surface area contributed by atoms with Crippen LogP contribution in [0.1, 0.15) is 17.0 Å². The highest BCUT2D eigenvalue weighted by Crippen LogP contribution is 2.25. The van der Waals surface area contributed by atoms with Crippen molar-refractivity contribution < 1.29 is 4.79 Å². The van der Waals surface area contributed by atoms with Crippen molar-refractivity contribution in [3.8, 4) is 5.69 Å². The highest BCUT2D eigenvalue weighted by atomic mass is 35.5. The van der Waals surface area contributed by atoms with E-state index in [-0.39, 0.29) is 11.7 Å². The number of hydrogen-bond acceptors (Lipinski definition) is 5. The van der Waals surface area contributed by atoms with E-state index in [2.05, 4.69) is 20.8 Å². The third kappa shape index (κ3) is 5.56. The molecule has 4 rings (SSSR count). The van der Waals surface area contributed by atoms with Crippen LogP contribution in [0.4, 0.5) is 11.4 Å². The summed E-state index contributed by atoms with van der Waals surface area (Å²) in [7, 11) is 0. The summed E-state index contributed by atoms with van der Waals surface area (Å²) in [5, 5.41) is 16.3. The maximum Gasteiger partial charge on any atom is 0.234 e. The molecule has 1 aromatic heterocycles. The van der Waals surface area contributed by atoms with Crippen molar-refractivity contribution in [3.05, 3.63) is 94.8 Å². The van der Waals surface area contributed by atoms with Crippen LogP contribution in [0.25, 0.3) is 5.69 Å². The molecule has 168 valence electrons. The average Bonchev–Trinajstić information content (AvgIpc) is 3.23. The standard InChI is InChI=1S/C25H24ClN5OS/c1-17-9-8-14-21(18(17)2)28-24(32)16-33-25-30-29-23(31(25)19-10-4-3-5-11-19)15-27-22-13-7-6-12-20(22)26/h3-14,27H,15-16H2,1-2H3,(H,28,32). The zero-order valence-electron chi connectivity index (χ0n) is 18.4. The first kappa shape index (κ1) is 22.9. The van der Waals surface area contributed by atoms with Gasteiger partial charge >= 0.3 is 0 Å². The van der Waals surface area contributed by atoms with E-state index in [0.717, 1.165) is 34.0 Å². The Kier molecular flexibility index (Phi) is 7.32. The fourth-order valence-corrected chi connectivity index (χ4v) is 4.30. The number of carbonyl (C=O) groups is 1. The number of para-hydroxylation sites is 2. The maximum atomic E-state index is 12.6. The van der Waals surface area contributed by atoms with Crippen LogP contribution in [0.15, 0.2) is 78.0 Å². The lowest BCUT2D eigenvalue weighted by Gasteiger charge is -2.12. The van der Waals surface area contributed by atoms with E-state index >= 15 is 0 Å². The molecule has 33 heavy (non-hydrogen) atoms. The van der Waals surface area contributed by atoms with Gasteiger partial charge in [0.15, 0.2) is 11.0 Å². The quantitative estimate of drug-likeness (QED) is 0.310. The zero-order chi connectivity index (χ0) is 23.2. The summed E-state index contributed by atoms with van der Waals surface area (Å²) in [6.07, 6.45) is 0. The second-order valence-electron chi connectivity index (χ2n) is 7.49. The van der Waals surface area contributed by atoms with Crippen molar-refractivity contribution in [1.82, 2.24) is 14.8 Å². The smallest absolute Gasteiger partial charge is 0.234 e. The molecule has 1 amide bonds. The maximum absolute atomic E-state index is 12.6. The Bertz CT molecular complexity index is 1260. The van der Waals surface area contributed by atoms with Crippen molar-refractivity contribution in [2.45, 2.75) is 25.5 Å². The molecule has 1 heterocycles. The monoisotopic (exact) mass is 477 g/mol. The second kappa shape index (κ2) is 10.6. The van der Waals surface area contributed by atoms with E-state index in [1.165, 1.54) is 11.8 Å². The number of thioether (sulfide) groups is 1. The molecule has 3 aromatic carbocycles. The van der Waals surface area contributed by atoms with Gasteiger partial charge in [0.25, 0.3) is 0 Å². The Morgan fingerprint density at radius 3 is 2.45 bits per heavy atom. The Labute approximate surface area is 202 Å². The average molecular weight is 478 g/mol. The number of anilines is 2. The van der Waals surface area contributed by atoms with E-state index < -0.39 is 0 Å². The van der Waals surface area contributed by atoms with Crippen LogP contribution in [0.5, 0.6) is 0 Å². The van der Waals surface area contributed by atoms with Crippen molar-refractivity contribution in [2.75, 3.05) is 16.4 Å². The third-order valence-corrected chi connectivity index (χ3v) is 6.50. The van der Waals surface area contributed by atoms with Crippen LogP contribution in [-0.2, 0) is 11.3 Å². The van der Waals surface area contributed by atoms with Gasteiger partial charge in [0.2, 0.25) is 5.91 Å². The minimum absolute atomic E-state index is 0.0907. The van der Waals surface area contributed by atoms with Crippen molar-refractivity contribution in [3.63, 3.8) is 0 Å². The van der Waals surface area contributed by atoms with Gasteiger partial charge in [-0.15, -0.1) is 10.2 Å². The van der Waals surface area contributed by atoms with Gasteiger partial charge in [-0.05, 0) is 55.3 Å². The molecule has 2 N–H and O–H groups in total. The van der Waals surface area contributed by atoms with E-state index in [0.29, 0.717) is 16.7 Å². The van der Waals surface area contributed by atoms with Crippen LogP contribution in [0, 0.1) is 13.8 Å². The van der Waals surface area contributed by atoms with Crippen molar-refractivity contribution in [2.24, 2.45) is 0 Å². The second-order valence-corrected chi connectivity index (χ2v) is 8.84. The van der Waals surface area contributed by atoms with Crippen LogP contribution in [-0.4, -0.2) is 26.4 Å². The molecule has 0 atom stereocenters. The number of aromatic nitrogens is 3. The van der Waals surface area contributed by atoms with Gasteiger partial charge in [-0.2, -0.15) is 0 Å². The number of nitrogens with one attached hydrogen (secondary N) is 2. The molecule has 6 nitrogen and oxygen atoms in total. The van der Waals surface area contributed by atoms with Gasteiger partial charge < -0.3 is 10.6 Å². The van der Waals surface area contributed by atoms with Gasteiger partial charge in [-0.25, -0.2) is 0 Å². The minimum Gasteiger partial charge on any atom is -0.377 e. The number of aryl methyl sites for hydroxylation is 1. The lowest BCUT2D eigenvalue weighted by molar-refractivity contribution is -0.113. The first-order valence-corrected chi connectivity index (χ1v) is 11.9. The molecule has 0 spiro atoms. The van der Waals surface area contributed by atoms with Gasteiger partial charge in [-0.1, -0.05) is 65.8 Å². The summed E-state index contributed by atoms with van der Waals surface area (Å²) in [5.41, 5.74) is 4.78. The molecule has 4 aromatic rings. The van der Waals surface area contributed by atoms with E-state index in [1.807, 2.05) is 91.2 Å². The fraction of sp³-hybridized carbons (Fsp3) is 0.160. The first-order valence-electron chi connectivity index (χ1n) is 10.5. The third-order valence-electron chi connectivity index (χ3n) is 5.24. The van der Waals surface area contributed by atoms with Crippen molar-refractivity contribution >= 4 is 40.6 Å². The molecule has 0 aliphatic rings. The minimum atomic E-state index is -0.0907. The molecular weight excluding hydrogens is 454 g/mol. The summed E-state index contributed by atoms with van der Waals surface area (Å²) in [5.74, 6) is 0.849. The summed E-state index contributed by atoms with van der Waals surface area (Å²) < 4.78 is 1.96. The fourth-order valence-electron chi connectivity index (χ4n) is 3.33. The molecule has 0 fully saturated rings. The zero-order valence-corrected chi connectivity index (χ0v) is 20.0. The summed E-state index contributed by atoms with van der Waals surface area (Å²) >= 11 is 7.62. The number of nitrogens with zero attached hydrogens (tertiary/aromatic N) is 3. The van der Waals surface area contributed by atoms with Crippen LogP contribution in [0.3, 0.4) is 0 Å². The van der Waals surface area contributed by atoms with Crippen molar-refractivity contribution in [1.29, 1.82) is 0 Å². The van der Waals surface area contributed by atoms with Gasteiger partial charge in [-0.3, -0.25) is 9.36 Å². The molecule has 0 bridgehead atoms. The molecule has 0 aliphatic carbocycles. The Morgan fingerprint density at radius 2 is 1.67 bits per heavy atom. The molecule has 0 saturated heterocycles. The molecule has 0 radical (unpaired) electrons. The highest BCUT2D eigenvalue weighted by Gasteiger charge is 2.16. The van der Waals surface area contributed by atoms with E-state index in [4.69, 9.17) is 11.6 Å². The predicted molar refractivity (Wildman–Crippen MR) is 135 cm³/mol. The summed E-state index contributed by atoms with van der Waals surface area (Å²) in [6, 6.07) is 23.3. The Hall–Kier alpha value is -3.29. The van der Waals surface area contributed by atoms with Gasteiger partial charge in [0, 0.05) is 11.4 Å². The number of rotatable bonds is 8. The molecule has 0 unspecified atom stereocenters. The Morgan fingerprint density at radius 1 is 0.939 bits per heavy atom. The number of hydrogen-bond donors (Lipinski definition) is 2.